The minimum absolute atomic E-state index is 0.613. The molecule has 0 aliphatic heterocycles. The van der Waals surface area contributed by atoms with Gasteiger partial charge in [-0.2, -0.15) is 0 Å². The number of aryl methyl sites for hydroxylation is 1. The maximum atomic E-state index is 5.96. The van der Waals surface area contributed by atoms with E-state index in [-0.39, 0.29) is 0 Å². The second-order valence-electron chi connectivity index (χ2n) is 4.79. The Balaban J connectivity index is 2.26. The molecule has 1 aromatic carbocycles. The summed E-state index contributed by atoms with van der Waals surface area (Å²) in [7, 11) is 0. The van der Waals surface area contributed by atoms with Crippen molar-refractivity contribution in [1.29, 1.82) is 0 Å². The van der Waals surface area contributed by atoms with Crippen molar-refractivity contribution < 1.29 is 0 Å². The van der Waals surface area contributed by atoms with Crippen molar-refractivity contribution in [3.05, 3.63) is 22.7 Å². The lowest BCUT2D eigenvalue weighted by Gasteiger charge is -2.08. The molecular weight excluding hydrogens is 278 g/mol. The number of imidazole rings is 1. The number of hydrogen-bond donors (Lipinski definition) is 1. The molecule has 0 spiro atoms. The van der Waals surface area contributed by atoms with Gasteiger partial charge in [-0.1, -0.05) is 29.8 Å². The van der Waals surface area contributed by atoms with Crippen LogP contribution >= 0.6 is 15.9 Å². The first-order valence-electron chi connectivity index (χ1n) is 5.99. The molecule has 0 fully saturated rings. The highest BCUT2D eigenvalue weighted by molar-refractivity contribution is 9.10. The van der Waals surface area contributed by atoms with Gasteiger partial charge < -0.3 is 10.3 Å². The van der Waals surface area contributed by atoms with Gasteiger partial charge in [0, 0.05) is 11.0 Å². The van der Waals surface area contributed by atoms with Gasteiger partial charge in [0.05, 0.1) is 11.0 Å². The summed E-state index contributed by atoms with van der Waals surface area (Å²) in [6.07, 6.45) is 2.35. The summed E-state index contributed by atoms with van der Waals surface area (Å²) in [6.45, 7) is 5.43. The van der Waals surface area contributed by atoms with E-state index in [9.17, 15) is 0 Å². The number of halogens is 1. The third kappa shape index (κ3) is 2.80. The van der Waals surface area contributed by atoms with Crippen molar-refractivity contribution in [3.8, 4) is 0 Å². The van der Waals surface area contributed by atoms with Crippen LogP contribution in [0.1, 0.15) is 26.7 Å². The van der Waals surface area contributed by atoms with Crippen molar-refractivity contribution in [2.24, 2.45) is 5.92 Å². The predicted octanol–water partition coefficient (Wildman–Crippen LogP) is 3.82. The maximum absolute atomic E-state index is 5.96. The van der Waals surface area contributed by atoms with E-state index in [0.29, 0.717) is 5.95 Å². The Hall–Kier alpha value is -1.03. The average molecular weight is 296 g/mol. The van der Waals surface area contributed by atoms with Gasteiger partial charge in [-0.05, 0) is 37.0 Å². The minimum Gasteiger partial charge on any atom is -0.369 e. The van der Waals surface area contributed by atoms with Crippen LogP contribution in [0.15, 0.2) is 22.7 Å². The summed E-state index contributed by atoms with van der Waals surface area (Å²) < 4.78 is 3.16. The van der Waals surface area contributed by atoms with Gasteiger partial charge in [-0.15, -0.1) is 0 Å². The number of nitrogen functional groups attached to an aromatic ring is 1. The lowest BCUT2D eigenvalue weighted by atomic mass is 10.1. The fourth-order valence-corrected chi connectivity index (χ4v) is 2.36. The van der Waals surface area contributed by atoms with E-state index >= 15 is 0 Å². The predicted molar refractivity (Wildman–Crippen MR) is 75.9 cm³/mol. The van der Waals surface area contributed by atoms with Gasteiger partial charge in [0.1, 0.15) is 0 Å². The Kier molecular flexibility index (Phi) is 3.72. The SMILES string of the molecule is CC(C)CCCn1c(N)nc2ccc(Br)cc21. The monoisotopic (exact) mass is 295 g/mol. The van der Waals surface area contributed by atoms with E-state index in [0.717, 1.165) is 34.4 Å². The van der Waals surface area contributed by atoms with Crippen LogP contribution in [-0.4, -0.2) is 9.55 Å². The molecule has 2 aromatic rings. The van der Waals surface area contributed by atoms with E-state index in [4.69, 9.17) is 5.73 Å². The van der Waals surface area contributed by atoms with Gasteiger partial charge in [0.2, 0.25) is 5.95 Å². The Bertz CT molecular complexity index is 517. The highest BCUT2D eigenvalue weighted by Gasteiger charge is 2.08. The van der Waals surface area contributed by atoms with Crippen LogP contribution in [0.4, 0.5) is 5.95 Å². The van der Waals surface area contributed by atoms with E-state index in [1.165, 1.54) is 6.42 Å². The molecular formula is C13H18BrN3. The van der Waals surface area contributed by atoms with Crippen molar-refractivity contribution in [1.82, 2.24) is 9.55 Å². The van der Waals surface area contributed by atoms with E-state index in [1.807, 2.05) is 12.1 Å². The standard InChI is InChI=1S/C13H18BrN3/c1-9(2)4-3-7-17-12-8-10(14)5-6-11(12)16-13(17)15/h5-6,8-9H,3-4,7H2,1-2H3,(H2,15,16). The molecule has 2 rings (SSSR count). The van der Waals surface area contributed by atoms with Gasteiger partial charge in [-0.25, -0.2) is 4.98 Å². The topological polar surface area (TPSA) is 43.8 Å². The van der Waals surface area contributed by atoms with E-state index < -0.39 is 0 Å². The number of benzene rings is 1. The summed E-state index contributed by atoms with van der Waals surface area (Å²) >= 11 is 3.49. The van der Waals surface area contributed by atoms with Crippen LogP contribution in [0, 0.1) is 5.92 Å². The summed E-state index contributed by atoms with van der Waals surface area (Å²) in [6, 6.07) is 6.07. The molecule has 0 radical (unpaired) electrons. The van der Waals surface area contributed by atoms with Crippen LogP contribution in [0.3, 0.4) is 0 Å². The first kappa shape index (κ1) is 12.4. The molecule has 3 nitrogen and oxygen atoms in total. The summed E-state index contributed by atoms with van der Waals surface area (Å²) in [5, 5.41) is 0. The molecule has 1 aromatic heterocycles. The van der Waals surface area contributed by atoms with Crippen molar-refractivity contribution in [3.63, 3.8) is 0 Å². The quantitative estimate of drug-likeness (QED) is 0.932. The van der Waals surface area contributed by atoms with E-state index in [2.05, 4.69) is 45.4 Å². The maximum Gasteiger partial charge on any atom is 0.201 e. The largest absolute Gasteiger partial charge is 0.369 e. The average Bonchev–Trinajstić information content (AvgIpc) is 2.55. The summed E-state index contributed by atoms with van der Waals surface area (Å²) in [5.41, 5.74) is 8.04. The van der Waals surface area contributed by atoms with Crippen LogP contribution in [0.2, 0.25) is 0 Å². The first-order valence-corrected chi connectivity index (χ1v) is 6.78. The van der Waals surface area contributed by atoms with Gasteiger partial charge in [-0.3, -0.25) is 0 Å². The van der Waals surface area contributed by atoms with Crippen molar-refractivity contribution in [2.45, 2.75) is 33.2 Å². The second-order valence-corrected chi connectivity index (χ2v) is 5.71. The normalized spacial score (nSPS) is 11.5. The smallest absolute Gasteiger partial charge is 0.201 e. The summed E-state index contributed by atoms with van der Waals surface area (Å²) in [5.74, 6) is 1.35. The Labute approximate surface area is 110 Å². The van der Waals surface area contributed by atoms with Crippen LogP contribution in [-0.2, 0) is 6.54 Å². The van der Waals surface area contributed by atoms with E-state index in [1.54, 1.807) is 0 Å². The molecule has 2 N–H and O–H groups in total. The molecule has 17 heavy (non-hydrogen) atoms. The third-order valence-corrected chi connectivity index (χ3v) is 3.40. The van der Waals surface area contributed by atoms with Crippen LogP contribution in [0.5, 0.6) is 0 Å². The highest BCUT2D eigenvalue weighted by Crippen LogP contribution is 2.22. The Morgan fingerprint density at radius 1 is 1.41 bits per heavy atom. The highest BCUT2D eigenvalue weighted by atomic mass is 79.9. The number of hydrogen-bond acceptors (Lipinski definition) is 2. The molecule has 0 unspecified atom stereocenters. The second kappa shape index (κ2) is 5.08. The molecule has 0 saturated carbocycles. The Morgan fingerprint density at radius 2 is 2.18 bits per heavy atom. The molecule has 0 amide bonds. The zero-order chi connectivity index (χ0) is 12.4. The summed E-state index contributed by atoms with van der Waals surface area (Å²) in [4.78, 5) is 4.37. The molecule has 0 saturated heterocycles. The number of nitrogens with zero attached hydrogens (tertiary/aromatic N) is 2. The number of fused-ring (bicyclic) bond motifs is 1. The molecule has 92 valence electrons. The first-order chi connectivity index (χ1) is 8.08. The fourth-order valence-electron chi connectivity index (χ4n) is 2.01. The van der Waals surface area contributed by atoms with Gasteiger partial charge in [0.25, 0.3) is 0 Å². The minimum atomic E-state index is 0.613. The number of anilines is 1. The number of nitrogens with two attached hydrogens (primary N) is 1. The van der Waals surface area contributed by atoms with Gasteiger partial charge in [0.15, 0.2) is 0 Å². The zero-order valence-electron chi connectivity index (χ0n) is 10.3. The lowest BCUT2D eigenvalue weighted by Crippen LogP contribution is -2.04. The molecule has 4 heteroatoms. The zero-order valence-corrected chi connectivity index (χ0v) is 11.9. The molecule has 0 bridgehead atoms. The number of aromatic nitrogens is 2. The van der Waals surface area contributed by atoms with Crippen molar-refractivity contribution in [2.75, 3.05) is 5.73 Å². The van der Waals surface area contributed by atoms with Crippen LogP contribution < -0.4 is 5.73 Å². The lowest BCUT2D eigenvalue weighted by molar-refractivity contribution is 0.519. The number of rotatable bonds is 4. The van der Waals surface area contributed by atoms with Gasteiger partial charge >= 0.3 is 0 Å². The van der Waals surface area contributed by atoms with Crippen LogP contribution in [0.25, 0.3) is 11.0 Å². The molecule has 0 aliphatic carbocycles. The molecule has 0 atom stereocenters. The molecule has 1 heterocycles. The fraction of sp³-hybridized carbons (Fsp3) is 0.462. The Morgan fingerprint density at radius 3 is 2.88 bits per heavy atom. The molecule has 0 aliphatic rings. The van der Waals surface area contributed by atoms with Crippen molar-refractivity contribution >= 4 is 32.9 Å². The third-order valence-electron chi connectivity index (χ3n) is 2.90.